The number of hydrogen-bond donors (Lipinski definition) is 4. The van der Waals surface area contributed by atoms with E-state index in [9.17, 15) is 4.79 Å². The zero-order chi connectivity index (χ0) is 18.2. The van der Waals surface area contributed by atoms with Crippen molar-refractivity contribution >= 4 is 16.8 Å². The second kappa shape index (κ2) is 4.81. The Bertz CT molecular complexity index is 871. The van der Waals surface area contributed by atoms with Gasteiger partial charge in [0.2, 0.25) is 5.91 Å². The van der Waals surface area contributed by atoms with E-state index in [1.54, 1.807) is 0 Å². The zero-order valence-corrected chi connectivity index (χ0v) is 15.2. The Hall–Kier alpha value is -1.96. The highest BCUT2D eigenvalue weighted by Gasteiger charge is 2.78. The first-order chi connectivity index (χ1) is 11.6. The summed E-state index contributed by atoms with van der Waals surface area (Å²) in [5.41, 5.74) is 13.9. The molecule has 0 bridgehead atoms. The highest BCUT2D eigenvalue weighted by atomic mass is 16.2. The number of para-hydroxylation sites is 1. The number of nitrogens with two attached hydrogens (primary N) is 2. The van der Waals surface area contributed by atoms with Crippen LogP contribution in [0.3, 0.4) is 0 Å². The van der Waals surface area contributed by atoms with Crippen LogP contribution >= 0.6 is 0 Å². The van der Waals surface area contributed by atoms with Crippen LogP contribution < -0.4 is 22.1 Å². The molecule has 7 heteroatoms. The van der Waals surface area contributed by atoms with Crippen molar-refractivity contribution in [3.63, 3.8) is 0 Å². The second-order valence-electron chi connectivity index (χ2n) is 8.17. The van der Waals surface area contributed by atoms with Crippen molar-refractivity contribution in [3.05, 3.63) is 29.5 Å². The lowest BCUT2D eigenvalue weighted by atomic mass is 9.95. The number of aromatic nitrogens is 2. The number of rotatable bonds is 3. The van der Waals surface area contributed by atoms with E-state index in [2.05, 4.69) is 28.7 Å². The summed E-state index contributed by atoms with van der Waals surface area (Å²) in [5, 5.41) is 12.0. The molecule has 2 heterocycles. The van der Waals surface area contributed by atoms with E-state index in [1.165, 1.54) is 0 Å². The molecule has 1 aliphatic heterocycles. The number of aryl methyl sites for hydroxylation is 2. The fourth-order valence-corrected chi connectivity index (χ4v) is 4.56. The van der Waals surface area contributed by atoms with Gasteiger partial charge in [-0.15, -0.1) is 0 Å². The standard InChI is InChI=1S/C18H26N6O/c1-10-6-5-7-11-12(10)24(4)23-14(11)16(2,3)22-15(25)13-17(19)8-21-9-18(13,17)20/h5-7,13,21H,8-9,19-20H2,1-4H3,(H,22,25)/t13-,17+,18-. The van der Waals surface area contributed by atoms with E-state index < -0.39 is 16.6 Å². The molecule has 1 aliphatic carbocycles. The van der Waals surface area contributed by atoms with Gasteiger partial charge in [-0.1, -0.05) is 18.2 Å². The molecule has 134 valence electrons. The first kappa shape index (κ1) is 16.5. The van der Waals surface area contributed by atoms with Crippen molar-refractivity contribution in [2.24, 2.45) is 24.4 Å². The summed E-state index contributed by atoms with van der Waals surface area (Å²) in [6.07, 6.45) is 0. The van der Waals surface area contributed by atoms with Crippen LogP contribution in [0.5, 0.6) is 0 Å². The Balaban J connectivity index is 1.65. The van der Waals surface area contributed by atoms with Gasteiger partial charge in [0.05, 0.1) is 33.7 Å². The smallest absolute Gasteiger partial charge is 0.227 e. The predicted molar refractivity (Wildman–Crippen MR) is 96.8 cm³/mol. The number of carbonyl (C=O) groups excluding carboxylic acids is 1. The largest absolute Gasteiger partial charge is 0.345 e. The molecular formula is C18H26N6O. The summed E-state index contributed by atoms with van der Waals surface area (Å²) in [6.45, 7) is 7.16. The van der Waals surface area contributed by atoms with Gasteiger partial charge in [0.25, 0.3) is 0 Å². The number of hydrogen-bond acceptors (Lipinski definition) is 5. The fourth-order valence-electron chi connectivity index (χ4n) is 4.56. The van der Waals surface area contributed by atoms with Crippen molar-refractivity contribution in [2.45, 2.75) is 37.4 Å². The third-order valence-corrected chi connectivity index (χ3v) is 6.00. The van der Waals surface area contributed by atoms with Crippen molar-refractivity contribution in [2.75, 3.05) is 13.1 Å². The van der Waals surface area contributed by atoms with Crippen LogP contribution in [0.2, 0.25) is 0 Å². The van der Waals surface area contributed by atoms with Gasteiger partial charge >= 0.3 is 0 Å². The number of piperidine rings is 1. The maximum atomic E-state index is 12.9. The fraction of sp³-hybridized carbons (Fsp3) is 0.556. The Labute approximate surface area is 147 Å². The van der Waals surface area contributed by atoms with E-state index in [0.29, 0.717) is 13.1 Å². The topological polar surface area (TPSA) is 111 Å². The predicted octanol–water partition coefficient (Wildman–Crippen LogP) is -0.139. The molecule has 6 N–H and O–H groups in total. The van der Waals surface area contributed by atoms with E-state index in [-0.39, 0.29) is 11.8 Å². The molecule has 0 unspecified atom stereocenters. The molecule has 25 heavy (non-hydrogen) atoms. The Morgan fingerprint density at radius 1 is 1.36 bits per heavy atom. The van der Waals surface area contributed by atoms with Crippen LogP contribution in [0.4, 0.5) is 0 Å². The van der Waals surface area contributed by atoms with Crippen LogP contribution in [0.25, 0.3) is 10.9 Å². The molecule has 0 spiro atoms. The van der Waals surface area contributed by atoms with Gasteiger partial charge in [-0.3, -0.25) is 9.48 Å². The van der Waals surface area contributed by atoms with Crippen LogP contribution in [-0.4, -0.2) is 39.9 Å². The molecule has 4 rings (SSSR count). The van der Waals surface area contributed by atoms with Gasteiger partial charge in [-0.05, 0) is 26.3 Å². The zero-order valence-electron chi connectivity index (χ0n) is 15.2. The monoisotopic (exact) mass is 342 g/mol. The van der Waals surface area contributed by atoms with Crippen molar-refractivity contribution in [1.29, 1.82) is 0 Å². The molecule has 1 aromatic heterocycles. The molecule has 1 saturated heterocycles. The normalized spacial score (nSPS) is 31.2. The summed E-state index contributed by atoms with van der Waals surface area (Å²) >= 11 is 0. The SMILES string of the molecule is Cc1cccc2c(C(C)(C)NC(=O)[C@H]3[C@]4(N)CNC[C@]34N)nn(C)c12. The lowest BCUT2D eigenvalue weighted by Crippen LogP contribution is -2.47. The van der Waals surface area contributed by atoms with Crippen molar-refractivity contribution in [1.82, 2.24) is 20.4 Å². The van der Waals surface area contributed by atoms with E-state index >= 15 is 0 Å². The number of benzene rings is 1. The maximum absolute atomic E-state index is 12.9. The molecule has 0 radical (unpaired) electrons. The van der Waals surface area contributed by atoms with Gasteiger partial charge in [0, 0.05) is 25.5 Å². The number of nitrogens with one attached hydrogen (secondary N) is 2. The first-order valence-electron chi connectivity index (χ1n) is 8.65. The van der Waals surface area contributed by atoms with Gasteiger partial charge in [0.1, 0.15) is 0 Å². The summed E-state index contributed by atoms with van der Waals surface area (Å²) in [6, 6.07) is 6.12. The minimum absolute atomic E-state index is 0.0945. The third kappa shape index (κ3) is 2.03. The molecule has 2 aromatic rings. The Morgan fingerprint density at radius 3 is 2.64 bits per heavy atom. The lowest BCUT2D eigenvalue weighted by molar-refractivity contribution is -0.124. The number of amides is 1. The van der Waals surface area contributed by atoms with Gasteiger partial charge in [-0.2, -0.15) is 5.10 Å². The average Bonchev–Trinajstić information content (AvgIpc) is 2.76. The highest BCUT2D eigenvalue weighted by Crippen LogP contribution is 2.53. The third-order valence-electron chi connectivity index (χ3n) is 6.00. The van der Waals surface area contributed by atoms with Crippen LogP contribution in [0.1, 0.15) is 25.1 Å². The Morgan fingerprint density at radius 2 is 2.00 bits per heavy atom. The van der Waals surface area contributed by atoms with E-state index in [4.69, 9.17) is 11.5 Å². The maximum Gasteiger partial charge on any atom is 0.227 e. The van der Waals surface area contributed by atoms with Crippen molar-refractivity contribution in [3.8, 4) is 0 Å². The number of fused-ring (bicyclic) bond motifs is 2. The molecule has 1 saturated carbocycles. The van der Waals surface area contributed by atoms with E-state index in [0.717, 1.165) is 22.2 Å². The molecule has 3 atom stereocenters. The number of carbonyl (C=O) groups is 1. The number of nitrogens with zero attached hydrogens (tertiary/aromatic N) is 2. The molecule has 2 aliphatic rings. The summed E-state index contributed by atoms with van der Waals surface area (Å²) in [7, 11) is 1.93. The molecule has 2 fully saturated rings. The van der Waals surface area contributed by atoms with E-state index in [1.807, 2.05) is 37.7 Å². The minimum Gasteiger partial charge on any atom is -0.345 e. The second-order valence-corrected chi connectivity index (χ2v) is 8.17. The average molecular weight is 342 g/mol. The lowest BCUT2D eigenvalue weighted by Gasteiger charge is -2.26. The van der Waals surface area contributed by atoms with Crippen LogP contribution in [0, 0.1) is 12.8 Å². The van der Waals surface area contributed by atoms with Gasteiger partial charge in [0.15, 0.2) is 0 Å². The summed E-state index contributed by atoms with van der Waals surface area (Å²) in [4.78, 5) is 12.9. The van der Waals surface area contributed by atoms with Gasteiger partial charge < -0.3 is 22.1 Å². The first-order valence-corrected chi connectivity index (χ1v) is 8.65. The highest BCUT2D eigenvalue weighted by molar-refractivity contribution is 5.90. The molecule has 1 aromatic carbocycles. The quantitative estimate of drug-likeness (QED) is 0.620. The molecule has 7 nitrogen and oxygen atoms in total. The van der Waals surface area contributed by atoms with Crippen molar-refractivity contribution < 1.29 is 4.79 Å². The molecule has 1 amide bonds. The summed E-state index contributed by atoms with van der Waals surface area (Å²) in [5.74, 6) is -0.458. The van der Waals surface area contributed by atoms with Gasteiger partial charge in [-0.25, -0.2) is 0 Å². The van der Waals surface area contributed by atoms with Crippen LogP contribution in [0.15, 0.2) is 18.2 Å². The molecular weight excluding hydrogens is 316 g/mol. The Kier molecular flexibility index (Phi) is 3.18. The summed E-state index contributed by atoms with van der Waals surface area (Å²) < 4.78 is 1.87. The van der Waals surface area contributed by atoms with Crippen LogP contribution in [-0.2, 0) is 17.4 Å². The minimum atomic E-state index is -0.643.